The molecule has 2 fully saturated rings. The molecule has 156 valence electrons. The third kappa shape index (κ3) is 3.36. The van der Waals surface area contributed by atoms with Gasteiger partial charge in [0.15, 0.2) is 5.89 Å². The summed E-state index contributed by atoms with van der Waals surface area (Å²) in [7, 11) is 0. The number of nitrogens with zero attached hydrogens (tertiary/aromatic N) is 4. The van der Waals surface area contributed by atoms with Crippen molar-refractivity contribution in [2.75, 3.05) is 26.2 Å². The van der Waals surface area contributed by atoms with Crippen LogP contribution in [-0.4, -0.2) is 51.9 Å². The Kier molecular flexibility index (Phi) is 4.75. The molecule has 3 aromatic rings. The van der Waals surface area contributed by atoms with Gasteiger partial charge in [-0.1, -0.05) is 30.3 Å². The molecule has 1 spiro atoms. The molecular weight excluding hydrogens is 396 g/mol. The third-order valence-corrected chi connectivity index (χ3v) is 7.36. The van der Waals surface area contributed by atoms with Crippen molar-refractivity contribution in [1.29, 1.82) is 0 Å². The lowest BCUT2D eigenvalue weighted by atomic mass is 9.71. The summed E-state index contributed by atoms with van der Waals surface area (Å²) in [6.45, 7) is 10.0. The van der Waals surface area contributed by atoms with Gasteiger partial charge in [0.1, 0.15) is 10.6 Å². The predicted octanol–water partition coefficient (Wildman–Crippen LogP) is 3.80. The Morgan fingerprint density at radius 3 is 2.60 bits per heavy atom. The van der Waals surface area contributed by atoms with Crippen LogP contribution < -0.4 is 0 Å². The topological polar surface area (TPSA) is 62.5 Å². The van der Waals surface area contributed by atoms with Crippen LogP contribution in [0.15, 0.2) is 40.9 Å². The van der Waals surface area contributed by atoms with Crippen molar-refractivity contribution in [1.82, 2.24) is 19.8 Å². The van der Waals surface area contributed by atoms with Crippen molar-refractivity contribution in [3.8, 4) is 0 Å². The molecule has 2 aliphatic rings. The number of hydrogen-bond donors (Lipinski definition) is 0. The van der Waals surface area contributed by atoms with Crippen molar-refractivity contribution in [2.24, 2.45) is 5.41 Å². The summed E-state index contributed by atoms with van der Waals surface area (Å²) >= 11 is 1.49. The van der Waals surface area contributed by atoms with Crippen LogP contribution in [0.5, 0.6) is 0 Å². The Bertz CT molecular complexity index is 1070. The first-order chi connectivity index (χ1) is 14.4. The minimum Gasteiger partial charge on any atom is -0.446 e. The summed E-state index contributed by atoms with van der Waals surface area (Å²) < 4.78 is 5.95. The van der Waals surface area contributed by atoms with E-state index in [-0.39, 0.29) is 17.2 Å². The molecule has 4 heterocycles. The van der Waals surface area contributed by atoms with Gasteiger partial charge < -0.3 is 9.32 Å². The number of amides is 1. The Balaban J connectivity index is 1.36. The second kappa shape index (κ2) is 7.32. The second-order valence-electron chi connectivity index (χ2n) is 8.69. The number of likely N-dealkylation sites (tertiary alicyclic amines) is 2. The molecule has 0 radical (unpaired) electrons. The number of carbonyl (C=O) groups excluding carboxylic acids is 1. The van der Waals surface area contributed by atoms with Gasteiger partial charge in [-0.15, -0.1) is 11.3 Å². The molecule has 0 bridgehead atoms. The van der Waals surface area contributed by atoms with E-state index in [1.165, 1.54) is 16.9 Å². The minimum absolute atomic E-state index is 0.00459. The Morgan fingerprint density at radius 2 is 1.97 bits per heavy atom. The van der Waals surface area contributed by atoms with Crippen LogP contribution in [0.2, 0.25) is 0 Å². The standard InChI is InChI=1S/C23H26N4O2S/c1-15-9-24-21(29-15)19-11-26(10-18-7-5-4-6-8-18)12-23(19)13-27(14-23)22(28)20-16(2)25-17(3)30-20/h4-9,19H,10-14H2,1-3H3. The number of hydrogen-bond acceptors (Lipinski definition) is 6. The van der Waals surface area contributed by atoms with Crippen LogP contribution >= 0.6 is 11.3 Å². The van der Waals surface area contributed by atoms with Gasteiger partial charge in [0.2, 0.25) is 0 Å². The molecule has 30 heavy (non-hydrogen) atoms. The summed E-state index contributed by atoms with van der Waals surface area (Å²) in [5, 5.41) is 0.939. The Hall–Kier alpha value is -2.51. The largest absolute Gasteiger partial charge is 0.446 e. The van der Waals surface area contributed by atoms with Crippen molar-refractivity contribution >= 4 is 17.2 Å². The second-order valence-corrected chi connectivity index (χ2v) is 9.89. The van der Waals surface area contributed by atoms with Crippen LogP contribution in [0, 0.1) is 26.2 Å². The lowest BCUT2D eigenvalue weighted by Crippen LogP contribution is -2.61. The van der Waals surface area contributed by atoms with Crippen molar-refractivity contribution in [3.63, 3.8) is 0 Å². The molecule has 1 amide bonds. The Labute approximate surface area is 180 Å². The summed E-state index contributed by atoms with van der Waals surface area (Å²) in [6, 6.07) is 10.5. The first-order valence-electron chi connectivity index (χ1n) is 10.4. The van der Waals surface area contributed by atoms with Gasteiger partial charge in [0.25, 0.3) is 5.91 Å². The van der Waals surface area contributed by atoms with Crippen LogP contribution in [0.1, 0.15) is 43.5 Å². The fraction of sp³-hybridized carbons (Fsp3) is 0.435. The normalized spacial score (nSPS) is 20.6. The van der Waals surface area contributed by atoms with Gasteiger partial charge in [-0.2, -0.15) is 0 Å². The minimum atomic E-state index is -0.00459. The van der Waals surface area contributed by atoms with E-state index in [2.05, 4.69) is 39.1 Å². The number of thiazole rings is 1. The number of rotatable bonds is 4. The highest BCUT2D eigenvalue weighted by molar-refractivity contribution is 7.13. The third-order valence-electron chi connectivity index (χ3n) is 6.30. The quantitative estimate of drug-likeness (QED) is 0.640. The van der Waals surface area contributed by atoms with Crippen LogP contribution in [0.3, 0.4) is 0 Å². The maximum Gasteiger partial charge on any atom is 0.265 e. The predicted molar refractivity (Wildman–Crippen MR) is 116 cm³/mol. The van der Waals surface area contributed by atoms with E-state index in [4.69, 9.17) is 4.42 Å². The van der Waals surface area contributed by atoms with Crippen molar-refractivity contribution in [3.05, 3.63) is 69.3 Å². The number of oxazole rings is 1. The lowest BCUT2D eigenvalue weighted by molar-refractivity contribution is -0.000340. The smallest absolute Gasteiger partial charge is 0.265 e. The molecule has 2 aliphatic heterocycles. The van der Waals surface area contributed by atoms with Gasteiger partial charge in [0.05, 0.1) is 22.8 Å². The van der Waals surface area contributed by atoms with Gasteiger partial charge in [-0.25, -0.2) is 9.97 Å². The fourth-order valence-electron chi connectivity index (χ4n) is 4.96. The first kappa shape index (κ1) is 19.5. The Morgan fingerprint density at radius 1 is 1.20 bits per heavy atom. The van der Waals surface area contributed by atoms with E-state index in [0.717, 1.165) is 60.0 Å². The summed E-state index contributed by atoms with van der Waals surface area (Å²) in [6.07, 6.45) is 1.80. The van der Waals surface area contributed by atoms with Gasteiger partial charge >= 0.3 is 0 Å². The zero-order chi connectivity index (χ0) is 20.9. The van der Waals surface area contributed by atoms with Crippen molar-refractivity contribution < 1.29 is 9.21 Å². The molecule has 1 unspecified atom stereocenters. The van der Waals surface area contributed by atoms with E-state index < -0.39 is 0 Å². The number of benzene rings is 1. The number of aromatic nitrogens is 2. The van der Waals surface area contributed by atoms with E-state index in [1.807, 2.05) is 31.7 Å². The SMILES string of the molecule is Cc1cnc(C2CN(Cc3ccccc3)CC23CN(C(=O)c2sc(C)nc2C)C3)o1. The monoisotopic (exact) mass is 422 g/mol. The zero-order valence-electron chi connectivity index (χ0n) is 17.6. The molecule has 5 rings (SSSR count). The highest BCUT2D eigenvalue weighted by atomic mass is 32.1. The van der Waals surface area contributed by atoms with Crippen LogP contribution in [0.25, 0.3) is 0 Å². The van der Waals surface area contributed by atoms with Crippen LogP contribution in [-0.2, 0) is 6.54 Å². The van der Waals surface area contributed by atoms with E-state index in [1.54, 1.807) is 6.20 Å². The van der Waals surface area contributed by atoms with Crippen LogP contribution in [0.4, 0.5) is 0 Å². The highest BCUT2D eigenvalue weighted by Gasteiger charge is 2.57. The van der Waals surface area contributed by atoms with Crippen molar-refractivity contribution in [2.45, 2.75) is 33.2 Å². The average Bonchev–Trinajstić information content (AvgIpc) is 3.37. The maximum absolute atomic E-state index is 13.1. The molecule has 6 nitrogen and oxygen atoms in total. The zero-order valence-corrected chi connectivity index (χ0v) is 18.4. The number of aryl methyl sites for hydroxylation is 3. The summed E-state index contributed by atoms with van der Waals surface area (Å²) in [4.78, 5) is 27.3. The molecular formula is C23H26N4O2S. The molecule has 2 saturated heterocycles. The lowest BCUT2D eigenvalue weighted by Gasteiger charge is -2.50. The average molecular weight is 423 g/mol. The summed E-state index contributed by atoms with van der Waals surface area (Å²) in [5.74, 6) is 1.94. The van der Waals surface area contributed by atoms with E-state index in [9.17, 15) is 4.79 Å². The molecule has 0 saturated carbocycles. The first-order valence-corrected chi connectivity index (χ1v) is 11.2. The summed E-state index contributed by atoms with van der Waals surface area (Å²) in [5.41, 5.74) is 2.13. The van der Waals surface area contributed by atoms with Gasteiger partial charge in [0, 0.05) is 38.1 Å². The molecule has 1 atom stereocenters. The van der Waals surface area contributed by atoms with E-state index >= 15 is 0 Å². The molecule has 2 aromatic heterocycles. The highest BCUT2D eigenvalue weighted by Crippen LogP contribution is 2.49. The molecule has 0 aliphatic carbocycles. The van der Waals surface area contributed by atoms with E-state index in [0.29, 0.717) is 0 Å². The molecule has 7 heteroatoms. The maximum atomic E-state index is 13.1. The molecule has 1 aromatic carbocycles. The van der Waals surface area contributed by atoms with Gasteiger partial charge in [-0.3, -0.25) is 9.69 Å². The van der Waals surface area contributed by atoms with Gasteiger partial charge in [-0.05, 0) is 26.3 Å². The number of carbonyl (C=O) groups is 1. The fourth-order valence-corrected chi connectivity index (χ4v) is 5.85. The molecule has 0 N–H and O–H groups in total.